The first-order chi connectivity index (χ1) is 17.0. The van der Waals surface area contributed by atoms with Crippen molar-refractivity contribution >= 4 is 33.4 Å². The second-order valence-corrected chi connectivity index (χ2v) is 12.3. The summed E-state index contributed by atoms with van der Waals surface area (Å²) in [5, 5.41) is 1.13. The van der Waals surface area contributed by atoms with E-state index < -0.39 is 11.6 Å². The number of fused-ring (bicyclic) bond motifs is 1. The number of hydrogen-bond acceptors (Lipinski definition) is 1. The van der Waals surface area contributed by atoms with E-state index in [2.05, 4.69) is 42.5 Å². The maximum Gasteiger partial charge on any atom is 0.201 e. The SMILES string of the molecule is CCCCCc1ccc2cc(OCC3CCC(C4CCC(CCC)CC4)CC3)c(F)c(F)c2c1I. The average molecular weight is 597 g/mol. The van der Waals surface area contributed by atoms with Crippen LogP contribution in [0.1, 0.15) is 103 Å². The molecule has 35 heavy (non-hydrogen) atoms. The van der Waals surface area contributed by atoms with E-state index >= 15 is 4.39 Å². The number of unbranched alkanes of at least 4 members (excludes halogenated alkanes) is 2. The van der Waals surface area contributed by atoms with Crippen molar-refractivity contribution in [2.45, 2.75) is 104 Å². The van der Waals surface area contributed by atoms with E-state index in [1.165, 1.54) is 51.4 Å². The summed E-state index contributed by atoms with van der Waals surface area (Å²) >= 11 is 2.18. The quantitative estimate of drug-likeness (QED) is 0.196. The van der Waals surface area contributed by atoms with Gasteiger partial charge in [-0.2, -0.15) is 4.39 Å². The van der Waals surface area contributed by atoms with E-state index in [0.29, 0.717) is 17.9 Å². The van der Waals surface area contributed by atoms with Gasteiger partial charge in [0.05, 0.1) is 6.61 Å². The first-order valence-electron chi connectivity index (χ1n) is 14.2. The van der Waals surface area contributed by atoms with Gasteiger partial charge in [-0.3, -0.25) is 0 Å². The van der Waals surface area contributed by atoms with Gasteiger partial charge in [0.25, 0.3) is 0 Å². The number of halogens is 3. The summed E-state index contributed by atoms with van der Waals surface area (Å²) in [6.07, 6.45) is 17.5. The minimum absolute atomic E-state index is 0.0703. The highest BCUT2D eigenvalue weighted by Crippen LogP contribution is 2.42. The first kappa shape index (κ1) is 27.1. The van der Waals surface area contributed by atoms with Crippen LogP contribution in [-0.4, -0.2) is 6.61 Å². The summed E-state index contributed by atoms with van der Waals surface area (Å²) in [5.74, 6) is 1.65. The van der Waals surface area contributed by atoms with Crippen LogP contribution in [0.2, 0.25) is 0 Å². The molecule has 194 valence electrons. The van der Waals surface area contributed by atoms with Crippen molar-refractivity contribution in [2.75, 3.05) is 6.61 Å². The average Bonchev–Trinajstić information content (AvgIpc) is 2.87. The number of rotatable bonds is 10. The van der Waals surface area contributed by atoms with Gasteiger partial charge in [-0.25, -0.2) is 4.39 Å². The molecule has 2 aromatic rings. The molecular formula is C31H43F2IO. The van der Waals surface area contributed by atoms with Crippen molar-refractivity contribution in [2.24, 2.45) is 23.7 Å². The van der Waals surface area contributed by atoms with Crippen LogP contribution >= 0.6 is 22.6 Å². The minimum Gasteiger partial charge on any atom is -0.490 e. The molecule has 1 nitrogen and oxygen atoms in total. The highest BCUT2D eigenvalue weighted by molar-refractivity contribution is 14.1. The third-order valence-corrected chi connectivity index (χ3v) is 10.1. The van der Waals surface area contributed by atoms with Crippen LogP contribution in [0, 0.1) is 38.9 Å². The van der Waals surface area contributed by atoms with Gasteiger partial charge in [0.15, 0.2) is 11.6 Å². The largest absolute Gasteiger partial charge is 0.490 e. The van der Waals surface area contributed by atoms with Gasteiger partial charge >= 0.3 is 0 Å². The van der Waals surface area contributed by atoms with Crippen LogP contribution in [0.25, 0.3) is 10.8 Å². The maximum atomic E-state index is 15.1. The fraction of sp³-hybridized carbons (Fsp3) is 0.677. The maximum absolute atomic E-state index is 15.1. The summed E-state index contributed by atoms with van der Waals surface area (Å²) in [4.78, 5) is 0. The van der Waals surface area contributed by atoms with E-state index in [9.17, 15) is 4.39 Å². The molecule has 4 heteroatoms. The minimum atomic E-state index is -0.835. The fourth-order valence-electron chi connectivity index (χ4n) is 6.65. The third kappa shape index (κ3) is 6.70. The van der Waals surface area contributed by atoms with Crippen LogP contribution in [0.5, 0.6) is 5.75 Å². The molecule has 2 aromatic carbocycles. The molecule has 0 heterocycles. The molecule has 2 aliphatic rings. The van der Waals surface area contributed by atoms with Gasteiger partial charge in [0, 0.05) is 8.96 Å². The Morgan fingerprint density at radius 2 is 1.49 bits per heavy atom. The zero-order chi connectivity index (χ0) is 24.8. The Morgan fingerprint density at radius 3 is 2.11 bits per heavy atom. The summed E-state index contributed by atoms with van der Waals surface area (Å²) in [6.45, 7) is 4.97. The van der Waals surface area contributed by atoms with Crippen LogP contribution in [0.4, 0.5) is 8.78 Å². The highest BCUT2D eigenvalue weighted by atomic mass is 127. The highest BCUT2D eigenvalue weighted by Gasteiger charge is 2.31. The predicted octanol–water partition coefficient (Wildman–Crippen LogP) is 10.2. The second-order valence-electron chi connectivity index (χ2n) is 11.3. The van der Waals surface area contributed by atoms with Crippen molar-refractivity contribution < 1.29 is 13.5 Å². The molecule has 0 amide bonds. The van der Waals surface area contributed by atoms with Crippen molar-refractivity contribution in [1.29, 1.82) is 0 Å². The van der Waals surface area contributed by atoms with Crippen molar-refractivity contribution in [1.82, 2.24) is 0 Å². The zero-order valence-corrected chi connectivity index (χ0v) is 23.8. The molecule has 2 aliphatic carbocycles. The van der Waals surface area contributed by atoms with Crippen molar-refractivity contribution in [3.63, 3.8) is 0 Å². The monoisotopic (exact) mass is 596 g/mol. The van der Waals surface area contributed by atoms with Gasteiger partial charge < -0.3 is 4.74 Å². The molecule has 4 rings (SSSR count). The molecule has 0 aromatic heterocycles. The third-order valence-electron chi connectivity index (χ3n) is 8.84. The predicted molar refractivity (Wildman–Crippen MR) is 151 cm³/mol. The molecule has 0 saturated heterocycles. The Bertz CT molecular complexity index is 958. The Kier molecular flexibility index (Phi) is 10.1. The molecule has 0 atom stereocenters. The first-order valence-corrected chi connectivity index (χ1v) is 15.3. The Morgan fingerprint density at radius 1 is 0.829 bits per heavy atom. The van der Waals surface area contributed by atoms with Crippen molar-refractivity contribution in [3.8, 4) is 5.75 Å². The smallest absolute Gasteiger partial charge is 0.201 e. The summed E-state index contributed by atoms with van der Waals surface area (Å²) in [5.41, 5.74) is 1.11. The fourth-order valence-corrected chi connectivity index (χ4v) is 7.65. The molecule has 0 bridgehead atoms. The summed E-state index contributed by atoms with van der Waals surface area (Å²) < 4.78 is 36.9. The van der Waals surface area contributed by atoms with Crippen LogP contribution in [0.3, 0.4) is 0 Å². The zero-order valence-electron chi connectivity index (χ0n) is 21.7. The molecule has 2 saturated carbocycles. The van der Waals surface area contributed by atoms with Gasteiger partial charge in [0.2, 0.25) is 5.82 Å². The van der Waals surface area contributed by atoms with Gasteiger partial charge in [-0.15, -0.1) is 0 Å². The lowest BCUT2D eigenvalue weighted by molar-refractivity contribution is 0.120. The van der Waals surface area contributed by atoms with Gasteiger partial charge in [0.1, 0.15) is 0 Å². The normalized spacial score (nSPS) is 25.2. The second kappa shape index (κ2) is 13.1. The number of aryl methyl sites for hydroxylation is 1. The van der Waals surface area contributed by atoms with Gasteiger partial charge in [-0.1, -0.05) is 64.5 Å². The Balaban J connectivity index is 1.32. The lowest BCUT2D eigenvalue weighted by atomic mass is 9.69. The van der Waals surface area contributed by atoms with E-state index in [1.54, 1.807) is 6.07 Å². The van der Waals surface area contributed by atoms with E-state index in [4.69, 9.17) is 4.74 Å². The van der Waals surface area contributed by atoms with Gasteiger partial charge in [-0.05, 0) is 115 Å². The van der Waals surface area contributed by atoms with Crippen molar-refractivity contribution in [3.05, 3.63) is 39.0 Å². The number of ether oxygens (including phenoxy) is 1. The molecular weight excluding hydrogens is 553 g/mol. The lowest BCUT2D eigenvalue weighted by Gasteiger charge is -2.37. The summed E-state index contributed by atoms with van der Waals surface area (Å²) in [7, 11) is 0. The van der Waals surface area contributed by atoms with E-state index in [0.717, 1.165) is 70.8 Å². The number of hydrogen-bond donors (Lipinski definition) is 0. The van der Waals surface area contributed by atoms with Crippen LogP contribution in [-0.2, 0) is 6.42 Å². The van der Waals surface area contributed by atoms with E-state index in [-0.39, 0.29) is 5.75 Å². The Hall–Kier alpha value is -0.910. The molecule has 0 radical (unpaired) electrons. The molecule has 0 aliphatic heterocycles. The summed E-state index contributed by atoms with van der Waals surface area (Å²) in [6, 6.07) is 5.69. The molecule has 2 fully saturated rings. The molecule has 0 unspecified atom stereocenters. The molecule has 0 spiro atoms. The number of benzene rings is 2. The lowest BCUT2D eigenvalue weighted by Crippen LogP contribution is -2.27. The van der Waals surface area contributed by atoms with Crippen LogP contribution < -0.4 is 4.74 Å². The Labute approximate surface area is 224 Å². The van der Waals surface area contributed by atoms with Crippen LogP contribution in [0.15, 0.2) is 18.2 Å². The standard InChI is InChI=1S/C31H43F2IO/c1-3-5-6-8-25-17-18-26-19-27(29(32)30(33)28(26)31(25)34)35-20-22-11-15-24(16-12-22)23-13-9-21(7-4-2)10-14-23/h17-19,21-24H,3-16,20H2,1-2H3. The molecule has 0 N–H and O–H groups in total. The topological polar surface area (TPSA) is 9.23 Å². The van der Waals surface area contributed by atoms with E-state index in [1.807, 2.05) is 6.07 Å².